The first-order valence-electron chi connectivity index (χ1n) is 24.1. The molecule has 23 nitrogen and oxygen atoms in total. The zero-order valence-corrected chi connectivity index (χ0v) is 41.5. The quantitative estimate of drug-likeness (QED) is 0.0375. The van der Waals surface area contributed by atoms with Gasteiger partial charge in [0.05, 0.1) is 34.9 Å². The molecule has 5 aromatic rings. The van der Waals surface area contributed by atoms with Gasteiger partial charge in [0.2, 0.25) is 29.5 Å². The predicted molar refractivity (Wildman–Crippen MR) is 271 cm³/mol. The molecule has 2 aromatic heterocycles. The molecule has 10 N–H and O–H groups in total. The lowest BCUT2D eigenvalue weighted by molar-refractivity contribution is -0.142. The number of hydrogen-bond acceptors (Lipinski definition) is 13. The molecule has 3 heterocycles. The fraction of sp³-hybridized carbons (Fsp3) is 0.440. The summed E-state index contributed by atoms with van der Waals surface area (Å²) in [6, 6.07) is 14.2. The second-order valence-electron chi connectivity index (χ2n) is 18.6. The fourth-order valence-electron chi connectivity index (χ4n) is 8.37. The highest BCUT2D eigenvalue weighted by atomic mass is 16.4. The second-order valence-corrected chi connectivity index (χ2v) is 18.6. The number of anilines is 2. The Morgan fingerprint density at radius 1 is 0.658 bits per heavy atom. The van der Waals surface area contributed by atoms with E-state index >= 15 is 0 Å². The third-order valence-corrected chi connectivity index (χ3v) is 12.5. The molecule has 0 radical (unpaired) electrons. The van der Waals surface area contributed by atoms with Gasteiger partial charge in [-0.3, -0.25) is 38.4 Å². The van der Waals surface area contributed by atoms with Crippen molar-refractivity contribution < 1.29 is 53.7 Å². The number of amides is 5. The van der Waals surface area contributed by atoms with Crippen LogP contribution in [0.5, 0.6) is 0 Å². The minimum atomic E-state index is -1.60. The SMILES string of the molecule is CC(=O)N[C@@H](CC(=O)O)C(=O)N[C@@H](CCC(=O)O)C(=O)NC(C(=O)N[C@@H](CC(=O)O)C(=O)NCCCCN(C)c1ccc(-c2nc3ccc(-c4nc5ccc(N6CCN(C)CC6)cc5[nH]4)cc3[nH]2)cc1)C(C)C. The summed E-state index contributed by atoms with van der Waals surface area (Å²) in [6.07, 6.45) is -1.54. The molecule has 23 heteroatoms. The molecule has 0 saturated carbocycles. The number of unbranched alkanes of at least 4 members (excludes halogenated alkanes) is 1. The number of carbonyl (C=O) groups is 8. The van der Waals surface area contributed by atoms with Gasteiger partial charge in [-0.2, -0.15) is 0 Å². The second kappa shape index (κ2) is 24.8. The number of H-pyrrole nitrogens is 2. The fourth-order valence-corrected chi connectivity index (χ4v) is 8.37. The van der Waals surface area contributed by atoms with Crippen LogP contribution in [0.3, 0.4) is 0 Å². The van der Waals surface area contributed by atoms with Gasteiger partial charge in [-0.1, -0.05) is 13.8 Å². The first-order chi connectivity index (χ1) is 34.7. The Balaban J connectivity index is 0.988. The van der Waals surface area contributed by atoms with Gasteiger partial charge in [0.25, 0.3) is 0 Å². The maximum atomic E-state index is 13.5. The highest BCUT2D eigenvalue weighted by Crippen LogP contribution is 2.29. The summed E-state index contributed by atoms with van der Waals surface area (Å²) >= 11 is 0. The monoisotopic (exact) mass is 1010 g/mol. The van der Waals surface area contributed by atoms with Gasteiger partial charge in [0, 0.05) is 82.2 Å². The Bertz CT molecular complexity index is 2790. The molecule has 0 bridgehead atoms. The molecule has 1 fully saturated rings. The van der Waals surface area contributed by atoms with Gasteiger partial charge < -0.3 is 66.6 Å². The summed E-state index contributed by atoms with van der Waals surface area (Å²) in [5.74, 6) is -7.83. The summed E-state index contributed by atoms with van der Waals surface area (Å²) < 4.78 is 0. The van der Waals surface area contributed by atoms with E-state index in [0.717, 1.165) is 83.6 Å². The largest absolute Gasteiger partial charge is 0.481 e. The minimum absolute atomic E-state index is 0.163. The molecule has 73 heavy (non-hydrogen) atoms. The van der Waals surface area contributed by atoms with Gasteiger partial charge in [-0.25, -0.2) is 9.97 Å². The number of aromatic amines is 2. The molecule has 3 aromatic carbocycles. The number of benzene rings is 3. The van der Waals surface area contributed by atoms with E-state index in [1.165, 1.54) is 5.69 Å². The van der Waals surface area contributed by atoms with Crippen LogP contribution in [0.1, 0.15) is 59.3 Å². The molecule has 1 aliphatic heterocycles. The van der Waals surface area contributed by atoms with E-state index in [2.05, 4.69) is 76.5 Å². The van der Waals surface area contributed by atoms with Crippen molar-refractivity contribution >= 4 is 80.9 Å². The van der Waals surface area contributed by atoms with Crippen LogP contribution in [0, 0.1) is 5.92 Å². The number of carboxylic acid groups (broad SMARTS) is 3. The number of carboxylic acids is 3. The summed E-state index contributed by atoms with van der Waals surface area (Å²) in [5, 5.41) is 40.0. The van der Waals surface area contributed by atoms with Crippen molar-refractivity contribution in [2.75, 3.05) is 63.2 Å². The van der Waals surface area contributed by atoms with Crippen molar-refractivity contribution in [1.29, 1.82) is 0 Å². The van der Waals surface area contributed by atoms with Crippen molar-refractivity contribution in [3.8, 4) is 22.8 Å². The number of imidazole rings is 2. The number of hydrogen-bond donors (Lipinski definition) is 10. The van der Waals surface area contributed by atoms with E-state index in [1.54, 1.807) is 13.8 Å². The van der Waals surface area contributed by atoms with Gasteiger partial charge in [0.1, 0.15) is 35.8 Å². The number of piperazine rings is 1. The summed E-state index contributed by atoms with van der Waals surface area (Å²) in [6.45, 7) is 8.97. The number of fused-ring (bicyclic) bond motifs is 2. The Labute approximate surface area is 420 Å². The van der Waals surface area contributed by atoms with Crippen molar-refractivity contribution in [2.45, 2.75) is 83.5 Å². The zero-order chi connectivity index (χ0) is 52.9. The van der Waals surface area contributed by atoms with Crippen LogP contribution in [-0.2, 0) is 38.4 Å². The van der Waals surface area contributed by atoms with Crippen LogP contribution in [0.2, 0.25) is 0 Å². The molecule has 4 atom stereocenters. The number of likely N-dealkylation sites (N-methyl/N-ethyl adjacent to an activating group) is 1. The van der Waals surface area contributed by atoms with Gasteiger partial charge >= 0.3 is 17.9 Å². The van der Waals surface area contributed by atoms with E-state index < -0.39 is 103 Å². The number of nitrogens with one attached hydrogen (secondary N) is 7. The number of aliphatic carboxylic acids is 3. The van der Waals surface area contributed by atoms with E-state index in [0.29, 0.717) is 19.4 Å². The van der Waals surface area contributed by atoms with Crippen LogP contribution < -0.4 is 36.4 Å². The van der Waals surface area contributed by atoms with Crippen LogP contribution in [0.25, 0.3) is 44.8 Å². The molecule has 1 saturated heterocycles. The standard InChI is InChI=1S/C50H64N12O11/c1-28(2)44(59-48(71)36(16-17-41(64)65)57-49(72)40(27-43(68)69)52-29(3)63)50(73)58-39(26-42(66)67)47(70)51-18-6-7-19-61(5)32-11-8-30(9-12-32)45-53-34-14-10-31(24-37(34)55-45)46-54-35-15-13-33(25-38(35)56-46)62-22-20-60(4)21-23-62/h8-15,24-25,28,36,39-40,44H,6-7,16-23,26-27H2,1-5H3,(H,51,70)(H,52,63)(H,53,55)(H,54,56)(H,57,72)(H,58,73)(H,59,71)(H,64,65)(H,66,67)(H,68,69)/t36-,39-,40-,44?/m0/s1. The van der Waals surface area contributed by atoms with Crippen molar-refractivity contribution in [1.82, 2.24) is 51.4 Å². The maximum absolute atomic E-state index is 13.5. The van der Waals surface area contributed by atoms with E-state index in [4.69, 9.17) is 9.97 Å². The van der Waals surface area contributed by atoms with Gasteiger partial charge in [-0.05, 0) is 92.9 Å². The van der Waals surface area contributed by atoms with E-state index in [1.807, 2.05) is 49.5 Å². The molecule has 0 spiro atoms. The Kier molecular flexibility index (Phi) is 18.5. The number of nitrogens with zero attached hydrogens (tertiary/aromatic N) is 5. The molecular weight excluding hydrogens is 945 g/mol. The van der Waals surface area contributed by atoms with Crippen LogP contribution in [-0.4, -0.2) is 165 Å². The number of carbonyl (C=O) groups excluding carboxylic acids is 5. The lowest BCUT2D eigenvalue weighted by Crippen LogP contribution is -2.59. The first kappa shape index (κ1) is 54.3. The number of aromatic nitrogens is 4. The normalized spacial score (nSPS) is 14.5. The van der Waals surface area contributed by atoms with Gasteiger partial charge in [-0.15, -0.1) is 0 Å². The number of rotatable bonds is 25. The third-order valence-electron chi connectivity index (χ3n) is 12.5. The van der Waals surface area contributed by atoms with Crippen molar-refractivity contribution in [2.24, 2.45) is 5.92 Å². The lowest BCUT2D eigenvalue weighted by atomic mass is 10.0. The highest BCUT2D eigenvalue weighted by Gasteiger charge is 2.34. The summed E-state index contributed by atoms with van der Waals surface area (Å²) in [5.41, 5.74) is 7.56. The molecular formula is C50H64N12O11. The molecule has 5 amide bonds. The summed E-state index contributed by atoms with van der Waals surface area (Å²) in [7, 11) is 4.08. The van der Waals surface area contributed by atoms with Crippen molar-refractivity contribution in [3.05, 3.63) is 60.7 Å². The van der Waals surface area contributed by atoms with Crippen LogP contribution in [0.4, 0.5) is 11.4 Å². The van der Waals surface area contributed by atoms with Crippen LogP contribution >= 0.6 is 0 Å². The minimum Gasteiger partial charge on any atom is -0.481 e. The summed E-state index contributed by atoms with van der Waals surface area (Å²) in [4.78, 5) is 123. The topological polar surface area (TPSA) is 324 Å². The molecule has 1 unspecified atom stereocenters. The Hall–Kier alpha value is -8.08. The third kappa shape index (κ3) is 15.2. The van der Waals surface area contributed by atoms with E-state index in [-0.39, 0.29) is 6.54 Å². The molecule has 6 rings (SSSR count). The Morgan fingerprint density at radius 3 is 1.82 bits per heavy atom. The average Bonchev–Trinajstić information content (AvgIpc) is 3.98. The first-order valence-corrected chi connectivity index (χ1v) is 24.1. The van der Waals surface area contributed by atoms with Crippen molar-refractivity contribution in [3.63, 3.8) is 0 Å². The zero-order valence-electron chi connectivity index (χ0n) is 41.5. The lowest BCUT2D eigenvalue weighted by Gasteiger charge is -2.34. The predicted octanol–water partition coefficient (Wildman–Crippen LogP) is 2.29. The smallest absolute Gasteiger partial charge is 0.305 e. The van der Waals surface area contributed by atoms with E-state index in [9.17, 15) is 53.7 Å². The molecule has 1 aliphatic rings. The van der Waals surface area contributed by atoms with Gasteiger partial charge in [0.15, 0.2) is 0 Å². The highest BCUT2D eigenvalue weighted by molar-refractivity contribution is 5.97. The average molecular weight is 1010 g/mol. The molecule has 0 aliphatic carbocycles. The Morgan fingerprint density at radius 2 is 1.22 bits per heavy atom. The maximum Gasteiger partial charge on any atom is 0.305 e. The molecule has 390 valence electrons. The van der Waals surface area contributed by atoms with Crippen LogP contribution in [0.15, 0.2) is 60.7 Å².